The smallest absolute Gasteiger partial charge is 0.249 e. The van der Waals surface area contributed by atoms with Crippen molar-refractivity contribution >= 4 is 17.5 Å². The number of aromatic nitrogens is 3. The Balaban J connectivity index is 1.52. The van der Waals surface area contributed by atoms with Crippen molar-refractivity contribution in [1.82, 2.24) is 20.5 Å². The molecule has 0 saturated carbocycles. The van der Waals surface area contributed by atoms with Crippen molar-refractivity contribution in [3.8, 4) is 11.5 Å². The molecule has 0 aliphatic heterocycles. The molecule has 0 bridgehead atoms. The van der Waals surface area contributed by atoms with Crippen LogP contribution in [0.3, 0.4) is 0 Å². The summed E-state index contributed by atoms with van der Waals surface area (Å²) >= 11 is 6.10. The van der Waals surface area contributed by atoms with E-state index < -0.39 is 0 Å². The van der Waals surface area contributed by atoms with Gasteiger partial charge in [-0.05, 0) is 23.8 Å². The number of rotatable bonds is 6. The molecule has 3 rings (SSSR count). The molecule has 1 amide bonds. The quantitative estimate of drug-likeness (QED) is 0.744. The van der Waals surface area contributed by atoms with Crippen LogP contribution in [-0.2, 0) is 17.8 Å². The number of nitrogens with zero attached hydrogens (tertiary/aromatic N) is 3. The molecule has 0 radical (unpaired) electrons. The Labute approximate surface area is 143 Å². The summed E-state index contributed by atoms with van der Waals surface area (Å²) in [5, 5.41) is 11.3. The Bertz CT molecular complexity index is 820. The molecule has 6 nitrogen and oxygen atoms in total. The van der Waals surface area contributed by atoms with Gasteiger partial charge in [0.25, 0.3) is 0 Å². The van der Waals surface area contributed by atoms with Crippen LogP contribution in [0.2, 0.25) is 5.02 Å². The van der Waals surface area contributed by atoms with Crippen molar-refractivity contribution in [3.63, 3.8) is 0 Å². The first-order valence-corrected chi connectivity index (χ1v) is 7.83. The zero-order valence-electron chi connectivity index (χ0n) is 12.8. The molecular weight excluding hydrogens is 328 g/mol. The Hall–Kier alpha value is -2.73. The van der Waals surface area contributed by atoms with Crippen molar-refractivity contribution < 1.29 is 9.21 Å². The molecule has 0 aliphatic carbocycles. The predicted molar refractivity (Wildman–Crippen MR) is 89.1 cm³/mol. The molecule has 0 spiro atoms. The molecule has 1 N–H and O–H groups in total. The van der Waals surface area contributed by atoms with Gasteiger partial charge in [0.15, 0.2) is 0 Å². The molecule has 7 heteroatoms. The fourth-order valence-electron chi connectivity index (χ4n) is 2.11. The fraction of sp³-hybridized carbons (Fsp3) is 0.176. The molecule has 122 valence electrons. The minimum atomic E-state index is -0.0867. The van der Waals surface area contributed by atoms with Crippen molar-refractivity contribution in [2.24, 2.45) is 0 Å². The lowest BCUT2D eigenvalue weighted by molar-refractivity contribution is -0.121. The van der Waals surface area contributed by atoms with Gasteiger partial charge in [-0.3, -0.25) is 9.78 Å². The van der Waals surface area contributed by atoms with E-state index in [2.05, 4.69) is 20.5 Å². The number of carbonyl (C=O) groups is 1. The van der Waals surface area contributed by atoms with Crippen molar-refractivity contribution in [3.05, 3.63) is 65.3 Å². The van der Waals surface area contributed by atoms with Crippen molar-refractivity contribution in [2.45, 2.75) is 19.4 Å². The van der Waals surface area contributed by atoms with Gasteiger partial charge in [-0.1, -0.05) is 29.8 Å². The molecule has 0 saturated heterocycles. The molecule has 0 aliphatic rings. The topological polar surface area (TPSA) is 80.9 Å². The minimum absolute atomic E-state index is 0.0867. The second kappa shape index (κ2) is 7.70. The Morgan fingerprint density at radius 2 is 2.04 bits per heavy atom. The normalized spacial score (nSPS) is 10.5. The Morgan fingerprint density at radius 1 is 1.17 bits per heavy atom. The zero-order valence-corrected chi connectivity index (χ0v) is 13.5. The van der Waals surface area contributed by atoms with Gasteiger partial charge in [0.1, 0.15) is 0 Å². The largest absolute Gasteiger partial charge is 0.421 e. The summed E-state index contributed by atoms with van der Waals surface area (Å²) in [5.74, 6) is 0.671. The van der Waals surface area contributed by atoms with E-state index in [1.165, 1.54) is 0 Å². The highest BCUT2D eigenvalue weighted by Gasteiger charge is 2.12. The van der Waals surface area contributed by atoms with Crippen LogP contribution in [0.15, 0.2) is 53.2 Å². The van der Waals surface area contributed by atoms with E-state index in [1.54, 1.807) is 24.5 Å². The molecule has 2 aromatic heterocycles. The van der Waals surface area contributed by atoms with Crippen molar-refractivity contribution in [1.29, 1.82) is 0 Å². The van der Waals surface area contributed by atoms with E-state index in [-0.39, 0.29) is 12.3 Å². The molecule has 0 unspecified atom stereocenters. The number of hydrogen-bond acceptors (Lipinski definition) is 5. The summed E-state index contributed by atoms with van der Waals surface area (Å²) in [4.78, 5) is 15.9. The maximum atomic E-state index is 11.9. The summed E-state index contributed by atoms with van der Waals surface area (Å²) < 4.78 is 5.57. The number of benzene rings is 1. The van der Waals surface area contributed by atoms with Gasteiger partial charge in [-0.2, -0.15) is 0 Å². The lowest BCUT2D eigenvalue weighted by atomic mass is 10.2. The van der Waals surface area contributed by atoms with E-state index in [9.17, 15) is 4.79 Å². The first-order valence-electron chi connectivity index (χ1n) is 7.45. The second-order valence-corrected chi connectivity index (χ2v) is 5.53. The van der Waals surface area contributed by atoms with Gasteiger partial charge in [0, 0.05) is 31.8 Å². The standard InChI is InChI=1S/C17H15ClN4O2/c18-14-6-2-1-5-13(14)17-22-21-16(24-17)8-7-15(23)20-11-12-4-3-9-19-10-12/h1-6,9-10H,7-8,11H2,(H,20,23). The highest BCUT2D eigenvalue weighted by atomic mass is 35.5. The van der Waals surface area contributed by atoms with Crippen LogP contribution in [0.1, 0.15) is 17.9 Å². The lowest BCUT2D eigenvalue weighted by Gasteiger charge is -2.03. The van der Waals surface area contributed by atoms with Gasteiger partial charge >= 0.3 is 0 Å². The molecule has 0 fully saturated rings. The van der Waals surface area contributed by atoms with Crippen LogP contribution in [0, 0.1) is 0 Å². The molecule has 0 atom stereocenters. The van der Waals surface area contributed by atoms with Crippen LogP contribution in [-0.4, -0.2) is 21.1 Å². The number of pyridine rings is 1. The van der Waals surface area contributed by atoms with E-state index >= 15 is 0 Å². The number of amides is 1. The number of aryl methyl sites for hydroxylation is 1. The van der Waals surface area contributed by atoms with E-state index in [1.807, 2.05) is 24.3 Å². The second-order valence-electron chi connectivity index (χ2n) is 5.12. The highest BCUT2D eigenvalue weighted by Crippen LogP contribution is 2.26. The first kappa shape index (κ1) is 16.1. The monoisotopic (exact) mass is 342 g/mol. The molecule has 1 aromatic carbocycles. The van der Waals surface area contributed by atoms with E-state index in [0.29, 0.717) is 35.3 Å². The molecule has 3 aromatic rings. The predicted octanol–water partition coefficient (Wildman–Crippen LogP) is 3.03. The van der Waals surface area contributed by atoms with Gasteiger partial charge in [-0.15, -0.1) is 10.2 Å². The number of halogens is 1. The van der Waals surface area contributed by atoms with Crippen LogP contribution < -0.4 is 5.32 Å². The van der Waals surface area contributed by atoms with Crippen molar-refractivity contribution in [2.75, 3.05) is 0 Å². The summed E-state index contributed by atoms with van der Waals surface area (Å²) in [5.41, 5.74) is 1.63. The van der Waals surface area contributed by atoms with E-state index in [0.717, 1.165) is 5.56 Å². The third-order valence-electron chi connectivity index (χ3n) is 3.35. The Morgan fingerprint density at radius 3 is 2.83 bits per heavy atom. The Kier molecular flexibility index (Phi) is 5.18. The average molecular weight is 343 g/mol. The van der Waals surface area contributed by atoms with Gasteiger partial charge in [0.05, 0.1) is 10.6 Å². The maximum absolute atomic E-state index is 11.9. The zero-order chi connectivity index (χ0) is 16.8. The van der Waals surface area contributed by atoms with Crippen LogP contribution in [0.5, 0.6) is 0 Å². The number of hydrogen-bond donors (Lipinski definition) is 1. The van der Waals surface area contributed by atoms with Gasteiger partial charge in [-0.25, -0.2) is 0 Å². The molecule has 2 heterocycles. The summed E-state index contributed by atoms with van der Waals surface area (Å²) in [6.45, 7) is 0.446. The first-order chi connectivity index (χ1) is 11.7. The lowest BCUT2D eigenvalue weighted by Crippen LogP contribution is -2.23. The van der Waals surface area contributed by atoms with Gasteiger partial charge < -0.3 is 9.73 Å². The van der Waals surface area contributed by atoms with E-state index in [4.69, 9.17) is 16.0 Å². The highest BCUT2D eigenvalue weighted by molar-refractivity contribution is 6.33. The third-order valence-corrected chi connectivity index (χ3v) is 3.68. The molecular formula is C17H15ClN4O2. The average Bonchev–Trinajstić information content (AvgIpc) is 3.08. The fourth-order valence-corrected chi connectivity index (χ4v) is 2.33. The number of nitrogens with one attached hydrogen (secondary N) is 1. The number of carbonyl (C=O) groups excluding carboxylic acids is 1. The van der Waals surface area contributed by atoms with Crippen LogP contribution in [0.4, 0.5) is 0 Å². The summed E-state index contributed by atoms with van der Waals surface area (Å²) in [7, 11) is 0. The van der Waals surface area contributed by atoms with Crippen LogP contribution >= 0.6 is 11.6 Å². The van der Waals surface area contributed by atoms with Crippen LogP contribution in [0.25, 0.3) is 11.5 Å². The minimum Gasteiger partial charge on any atom is -0.421 e. The van der Waals surface area contributed by atoms with Gasteiger partial charge in [0.2, 0.25) is 17.7 Å². The SMILES string of the molecule is O=C(CCc1nnc(-c2ccccc2Cl)o1)NCc1cccnc1. The summed E-state index contributed by atoms with van der Waals surface area (Å²) in [6.07, 6.45) is 4.05. The summed E-state index contributed by atoms with van der Waals surface area (Å²) in [6, 6.07) is 11.0. The molecule has 24 heavy (non-hydrogen) atoms. The third kappa shape index (κ3) is 4.17. The maximum Gasteiger partial charge on any atom is 0.249 e.